The van der Waals surface area contributed by atoms with Crippen molar-refractivity contribution in [1.82, 2.24) is 25.3 Å². The van der Waals surface area contributed by atoms with Crippen molar-refractivity contribution in [1.29, 1.82) is 0 Å². The molecule has 4 rings (SSSR count). The summed E-state index contributed by atoms with van der Waals surface area (Å²) >= 11 is 0. The molecule has 1 aromatic carbocycles. The summed E-state index contributed by atoms with van der Waals surface area (Å²) in [5.41, 5.74) is 3.92. The number of carbonyl (C=O) groups excluding carboxylic acids is 1. The third-order valence-electron chi connectivity index (χ3n) is 4.27. The second-order valence-corrected chi connectivity index (χ2v) is 6.22. The SMILES string of the molecule is CC(NC(=O)Cc1cnc[nH]1)c1ccc2nc(C3CC3)[nH]c2c1. The summed E-state index contributed by atoms with van der Waals surface area (Å²) in [6.45, 7) is 1.99. The lowest BCUT2D eigenvalue weighted by molar-refractivity contribution is -0.121. The van der Waals surface area contributed by atoms with Crippen LogP contribution in [0.25, 0.3) is 11.0 Å². The van der Waals surface area contributed by atoms with Crippen LogP contribution in [-0.2, 0) is 11.2 Å². The zero-order chi connectivity index (χ0) is 15.8. The fraction of sp³-hybridized carbons (Fsp3) is 0.353. The average Bonchev–Trinajstić information content (AvgIpc) is 3.09. The van der Waals surface area contributed by atoms with Gasteiger partial charge in [-0.3, -0.25) is 4.79 Å². The average molecular weight is 309 g/mol. The number of nitrogens with one attached hydrogen (secondary N) is 3. The molecule has 0 bridgehead atoms. The summed E-state index contributed by atoms with van der Waals surface area (Å²) in [5.74, 6) is 1.68. The number of imidazole rings is 2. The first-order valence-corrected chi connectivity index (χ1v) is 7.95. The molecule has 0 aliphatic heterocycles. The van der Waals surface area contributed by atoms with Gasteiger partial charge in [-0.2, -0.15) is 0 Å². The first-order chi connectivity index (χ1) is 11.2. The fourth-order valence-corrected chi connectivity index (χ4v) is 2.80. The molecule has 1 aliphatic carbocycles. The highest BCUT2D eigenvalue weighted by molar-refractivity contribution is 5.79. The molecule has 1 amide bonds. The van der Waals surface area contributed by atoms with E-state index in [0.29, 0.717) is 12.3 Å². The van der Waals surface area contributed by atoms with Crippen molar-refractivity contribution < 1.29 is 4.79 Å². The van der Waals surface area contributed by atoms with E-state index >= 15 is 0 Å². The molecule has 3 N–H and O–H groups in total. The zero-order valence-electron chi connectivity index (χ0n) is 13.0. The predicted molar refractivity (Wildman–Crippen MR) is 86.9 cm³/mol. The van der Waals surface area contributed by atoms with E-state index in [1.165, 1.54) is 12.8 Å². The Bertz CT molecular complexity index is 832. The molecular formula is C17H19N5O. The molecule has 0 saturated heterocycles. The van der Waals surface area contributed by atoms with Crippen LogP contribution in [0.1, 0.15) is 48.8 Å². The number of rotatable bonds is 5. The van der Waals surface area contributed by atoms with Crippen LogP contribution in [-0.4, -0.2) is 25.8 Å². The van der Waals surface area contributed by atoms with Crippen molar-refractivity contribution in [2.24, 2.45) is 0 Å². The van der Waals surface area contributed by atoms with Gasteiger partial charge in [0.05, 0.1) is 29.8 Å². The van der Waals surface area contributed by atoms with Gasteiger partial charge in [-0.15, -0.1) is 0 Å². The third kappa shape index (κ3) is 2.97. The lowest BCUT2D eigenvalue weighted by Gasteiger charge is -2.14. The van der Waals surface area contributed by atoms with Gasteiger partial charge in [0.1, 0.15) is 5.82 Å². The molecule has 1 saturated carbocycles. The molecule has 2 aromatic heterocycles. The largest absolute Gasteiger partial charge is 0.349 e. The van der Waals surface area contributed by atoms with Crippen molar-refractivity contribution in [3.05, 3.63) is 47.8 Å². The summed E-state index contributed by atoms with van der Waals surface area (Å²) in [4.78, 5) is 27.0. The number of nitrogens with zero attached hydrogens (tertiary/aromatic N) is 2. The topological polar surface area (TPSA) is 86.5 Å². The van der Waals surface area contributed by atoms with Gasteiger partial charge in [0, 0.05) is 17.8 Å². The van der Waals surface area contributed by atoms with Crippen LogP contribution in [0.2, 0.25) is 0 Å². The van der Waals surface area contributed by atoms with Crippen molar-refractivity contribution >= 4 is 16.9 Å². The van der Waals surface area contributed by atoms with Gasteiger partial charge in [0.25, 0.3) is 0 Å². The minimum absolute atomic E-state index is 0.0230. The van der Waals surface area contributed by atoms with Gasteiger partial charge in [0.15, 0.2) is 0 Å². The summed E-state index contributed by atoms with van der Waals surface area (Å²) < 4.78 is 0. The van der Waals surface area contributed by atoms with E-state index in [1.54, 1.807) is 12.5 Å². The Kier molecular flexibility index (Phi) is 3.37. The van der Waals surface area contributed by atoms with Crippen molar-refractivity contribution in [2.75, 3.05) is 0 Å². The third-order valence-corrected chi connectivity index (χ3v) is 4.27. The maximum absolute atomic E-state index is 12.1. The van der Waals surface area contributed by atoms with E-state index < -0.39 is 0 Å². The van der Waals surface area contributed by atoms with Gasteiger partial charge >= 0.3 is 0 Å². The van der Waals surface area contributed by atoms with Crippen molar-refractivity contribution in [3.8, 4) is 0 Å². The minimum atomic E-state index is -0.0532. The standard InChI is InChI=1S/C17H19N5O/c1-10(20-16(23)7-13-8-18-9-19-13)12-4-5-14-15(6-12)22-17(21-14)11-2-3-11/h4-6,8-11H,2-3,7H2,1H3,(H,18,19)(H,20,23)(H,21,22). The summed E-state index contributed by atoms with van der Waals surface area (Å²) in [6.07, 6.45) is 6.01. The van der Waals surface area contributed by atoms with Crippen molar-refractivity contribution in [2.45, 2.75) is 38.1 Å². The van der Waals surface area contributed by atoms with E-state index in [1.807, 2.05) is 19.1 Å². The highest BCUT2D eigenvalue weighted by Gasteiger charge is 2.26. The Labute approximate surface area is 133 Å². The maximum Gasteiger partial charge on any atom is 0.226 e. The first-order valence-electron chi connectivity index (χ1n) is 7.95. The molecule has 0 radical (unpaired) electrons. The Morgan fingerprint density at radius 1 is 1.43 bits per heavy atom. The Morgan fingerprint density at radius 3 is 3.04 bits per heavy atom. The zero-order valence-corrected chi connectivity index (χ0v) is 13.0. The molecule has 6 heteroatoms. The Morgan fingerprint density at radius 2 is 2.30 bits per heavy atom. The molecule has 1 fully saturated rings. The second-order valence-electron chi connectivity index (χ2n) is 6.22. The van der Waals surface area contributed by atoms with E-state index in [4.69, 9.17) is 0 Å². The van der Waals surface area contributed by atoms with Crippen LogP contribution >= 0.6 is 0 Å². The monoisotopic (exact) mass is 309 g/mol. The highest BCUT2D eigenvalue weighted by atomic mass is 16.1. The Balaban J connectivity index is 1.47. The van der Waals surface area contributed by atoms with Crippen LogP contribution < -0.4 is 5.32 Å². The van der Waals surface area contributed by atoms with E-state index in [2.05, 4.69) is 31.3 Å². The van der Waals surface area contributed by atoms with Crippen LogP contribution in [0, 0.1) is 0 Å². The lowest BCUT2D eigenvalue weighted by atomic mass is 10.1. The number of hydrogen-bond donors (Lipinski definition) is 3. The summed E-state index contributed by atoms with van der Waals surface area (Å²) in [6, 6.07) is 6.07. The fourth-order valence-electron chi connectivity index (χ4n) is 2.80. The number of aromatic amines is 2. The van der Waals surface area contributed by atoms with Crippen molar-refractivity contribution in [3.63, 3.8) is 0 Å². The number of hydrogen-bond acceptors (Lipinski definition) is 3. The maximum atomic E-state index is 12.1. The van der Waals surface area contributed by atoms with Crippen LogP contribution in [0.4, 0.5) is 0 Å². The van der Waals surface area contributed by atoms with Gasteiger partial charge in [-0.05, 0) is 37.5 Å². The minimum Gasteiger partial charge on any atom is -0.349 e. The van der Waals surface area contributed by atoms with E-state index in [9.17, 15) is 4.79 Å². The predicted octanol–water partition coefficient (Wildman–Crippen LogP) is 2.58. The van der Waals surface area contributed by atoms with Crippen LogP contribution in [0.3, 0.4) is 0 Å². The number of aromatic nitrogens is 4. The van der Waals surface area contributed by atoms with Gasteiger partial charge in [-0.1, -0.05) is 6.07 Å². The molecule has 23 heavy (non-hydrogen) atoms. The molecule has 1 unspecified atom stereocenters. The normalized spacial score (nSPS) is 15.7. The lowest BCUT2D eigenvalue weighted by Crippen LogP contribution is -2.28. The van der Waals surface area contributed by atoms with Gasteiger partial charge in [0.2, 0.25) is 5.91 Å². The molecule has 2 heterocycles. The molecule has 1 aliphatic rings. The first kappa shape index (κ1) is 14.0. The quantitative estimate of drug-likeness (QED) is 0.677. The second kappa shape index (κ2) is 5.53. The molecule has 0 spiro atoms. The number of H-pyrrole nitrogens is 2. The smallest absolute Gasteiger partial charge is 0.226 e. The molecule has 1 atom stereocenters. The molecular weight excluding hydrogens is 290 g/mol. The van der Waals surface area contributed by atoms with E-state index in [-0.39, 0.29) is 11.9 Å². The van der Waals surface area contributed by atoms with Crippen LogP contribution in [0.15, 0.2) is 30.7 Å². The number of carbonyl (C=O) groups is 1. The van der Waals surface area contributed by atoms with Gasteiger partial charge in [-0.25, -0.2) is 9.97 Å². The van der Waals surface area contributed by atoms with Gasteiger partial charge < -0.3 is 15.3 Å². The summed E-state index contributed by atoms with van der Waals surface area (Å²) in [7, 11) is 0. The van der Waals surface area contributed by atoms with E-state index in [0.717, 1.165) is 28.1 Å². The van der Waals surface area contributed by atoms with Crippen LogP contribution in [0.5, 0.6) is 0 Å². The molecule has 6 nitrogen and oxygen atoms in total. The number of amides is 1. The molecule has 118 valence electrons. The highest BCUT2D eigenvalue weighted by Crippen LogP contribution is 2.39. The number of benzene rings is 1. The number of fused-ring (bicyclic) bond motifs is 1. The Hall–Kier alpha value is -2.63. The molecule has 3 aromatic rings. The summed E-state index contributed by atoms with van der Waals surface area (Å²) in [5, 5.41) is 3.02.